The van der Waals surface area contributed by atoms with E-state index in [4.69, 9.17) is 0 Å². The lowest BCUT2D eigenvalue weighted by Gasteiger charge is -2.62. The van der Waals surface area contributed by atoms with Gasteiger partial charge in [0, 0.05) is 11.8 Å². The van der Waals surface area contributed by atoms with E-state index in [0.29, 0.717) is 29.6 Å². The highest BCUT2D eigenvalue weighted by atomic mass is 32.2. The van der Waals surface area contributed by atoms with Crippen molar-refractivity contribution in [3.05, 3.63) is 53.5 Å². The zero-order valence-corrected chi connectivity index (χ0v) is 19.4. The maximum absolute atomic E-state index is 12.8. The van der Waals surface area contributed by atoms with Gasteiger partial charge < -0.3 is 4.79 Å². The number of sulfone groups is 1. The molecule has 0 spiro atoms. The lowest BCUT2D eigenvalue weighted by molar-refractivity contribution is -0.128. The number of allylic oxidation sites excluding steroid dienone is 2. The second-order valence-electron chi connectivity index (χ2n) is 9.86. The highest BCUT2D eigenvalue weighted by molar-refractivity contribution is 7.94. The SMILES string of the molecule is CC(=O)CCC/C=C\C[C@H]1[C@@H](CS(=O)(=O)/C=C/c2ccccc2)C[C@H]2C[C@@H]1C2(C)C. The van der Waals surface area contributed by atoms with Gasteiger partial charge in [-0.25, -0.2) is 8.42 Å². The average molecular weight is 429 g/mol. The molecule has 2 bridgehead atoms. The van der Waals surface area contributed by atoms with Crippen LogP contribution in [0.25, 0.3) is 6.08 Å². The summed E-state index contributed by atoms with van der Waals surface area (Å²) >= 11 is 0. The van der Waals surface area contributed by atoms with Crippen LogP contribution >= 0.6 is 0 Å². The minimum absolute atomic E-state index is 0.231. The van der Waals surface area contributed by atoms with Gasteiger partial charge >= 0.3 is 0 Å². The molecule has 0 aliphatic heterocycles. The Hall–Kier alpha value is -1.68. The van der Waals surface area contributed by atoms with E-state index in [1.165, 1.54) is 11.8 Å². The van der Waals surface area contributed by atoms with Gasteiger partial charge in [0.05, 0.1) is 5.75 Å². The Morgan fingerprint density at radius 1 is 1.13 bits per heavy atom. The molecule has 0 unspecified atom stereocenters. The van der Waals surface area contributed by atoms with Crippen molar-refractivity contribution in [3.63, 3.8) is 0 Å². The molecule has 0 radical (unpaired) electrons. The highest BCUT2D eigenvalue weighted by Gasteiger charge is 2.57. The van der Waals surface area contributed by atoms with Crippen molar-refractivity contribution in [2.75, 3.05) is 5.75 Å². The number of ketones is 1. The second kappa shape index (κ2) is 9.64. The number of fused-ring (bicyclic) bond motifs is 2. The summed E-state index contributed by atoms with van der Waals surface area (Å²) in [6.45, 7) is 6.35. The predicted molar refractivity (Wildman–Crippen MR) is 125 cm³/mol. The summed E-state index contributed by atoms with van der Waals surface area (Å²) in [6.07, 6.45) is 11.8. The largest absolute Gasteiger partial charge is 0.300 e. The Bertz CT molecular complexity index is 880. The summed E-state index contributed by atoms with van der Waals surface area (Å²) in [5.74, 6) is 2.41. The van der Waals surface area contributed by atoms with Gasteiger partial charge in [0.2, 0.25) is 0 Å². The minimum atomic E-state index is -3.24. The molecule has 4 atom stereocenters. The first-order valence-corrected chi connectivity index (χ1v) is 13.0. The molecule has 3 fully saturated rings. The van der Waals surface area contributed by atoms with Crippen LogP contribution in [0, 0.1) is 29.1 Å². The van der Waals surface area contributed by atoms with Crippen molar-refractivity contribution in [3.8, 4) is 0 Å². The number of hydrogen-bond acceptors (Lipinski definition) is 3. The van der Waals surface area contributed by atoms with Crippen molar-refractivity contribution in [1.82, 2.24) is 0 Å². The summed E-state index contributed by atoms with van der Waals surface area (Å²) in [4.78, 5) is 11.1. The summed E-state index contributed by atoms with van der Waals surface area (Å²) in [5.41, 5.74) is 1.24. The van der Waals surface area contributed by atoms with Crippen molar-refractivity contribution < 1.29 is 13.2 Å². The van der Waals surface area contributed by atoms with Gasteiger partial charge in [0.1, 0.15) is 5.78 Å². The van der Waals surface area contributed by atoms with Gasteiger partial charge in [-0.2, -0.15) is 0 Å². The van der Waals surface area contributed by atoms with Gasteiger partial charge in [-0.1, -0.05) is 56.3 Å². The molecule has 3 aliphatic carbocycles. The molecule has 3 saturated carbocycles. The van der Waals surface area contributed by atoms with Crippen molar-refractivity contribution in [1.29, 1.82) is 0 Å². The molecule has 0 amide bonds. The quantitative estimate of drug-likeness (QED) is 0.335. The Balaban J connectivity index is 1.63. The first-order chi connectivity index (χ1) is 14.2. The summed E-state index contributed by atoms with van der Waals surface area (Å²) < 4.78 is 25.7. The molecule has 30 heavy (non-hydrogen) atoms. The Morgan fingerprint density at radius 3 is 2.53 bits per heavy atom. The molecule has 4 rings (SSSR count). The molecule has 3 aliphatic rings. The van der Waals surface area contributed by atoms with Gasteiger partial charge in [-0.05, 0) is 79.8 Å². The molecule has 0 saturated heterocycles. The molecule has 0 aromatic heterocycles. The van der Waals surface area contributed by atoms with E-state index in [0.717, 1.165) is 31.2 Å². The third kappa shape index (κ3) is 5.72. The van der Waals surface area contributed by atoms with E-state index < -0.39 is 9.84 Å². The van der Waals surface area contributed by atoms with Gasteiger partial charge in [-0.15, -0.1) is 0 Å². The molecule has 0 heterocycles. The third-order valence-electron chi connectivity index (χ3n) is 7.44. The van der Waals surface area contributed by atoms with Crippen LogP contribution in [0.2, 0.25) is 0 Å². The van der Waals surface area contributed by atoms with Crippen LogP contribution in [0.1, 0.15) is 64.9 Å². The zero-order valence-electron chi connectivity index (χ0n) is 18.6. The summed E-state index contributed by atoms with van der Waals surface area (Å²) in [5, 5.41) is 1.41. The van der Waals surface area contributed by atoms with Crippen LogP contribution in [0.3, 0.4) is 0 Å². The number of carbonyl (C=O) groups excluding carboxylic acids is 1. The van der Waals surface area contributed by atoms with Crippen molar-refractivity contribution in [2.24, 2.45) is 29.1 Å². The number of rotatable bonds is 10. The van der Waals surface area contributed by atoms with Crippen LogP contribution in [0.15, 0.2) is 47.9 Å². The van der Waals surface area contributed by atoms with Gasteiger partial charge in [0.25, 0.3) is 0 Å². The predicted octanol–water partition coefficient (Wildman–Crippen LogP) is 6.08. The van der Waals surface area contributed by atoms with E-state index in [-0.39, 0.29) is 17.5 Å². The monoisotopic (exact) mass is 428 g/mol. The molecule has 1 aromatic rings. The normalized spacial score (nSPS) is 28.0. The minimum Gasteiger partial charge on any atom is -0.300 e. The molecule has 0 N–H and O–H groups in total. The number of carbonyl (C=O) groups is 1. The van der Waals surface area contributed by atoms with Crippen LogP contribution in [-0.4, -0.2) is 20.0 Å². The maximum Gasteiger partial charge on any atom is 0.171 e. The van der Waals surface area contributed by atoms with E-state index in [9.17, 15) is 13.2 Å². The smallest absolute Gasteiger partial charge is 0.171 e. The molecule has 3 nitrogen and oxygen atoms in total. The van der Waals surface area contributed by atoms with Crippen LogP contribution in [0.5, 0.6) is 0 Å². The first kappa shape index (κ1) is 23.0. The topological polar surface area (TPSA) is 51.2 Å². The molecule has 1 aromatic carbocycles. The second-order valence-corrected chi connectivity index (χ2v) is 11.8. The Labute approximate surface area is 182 Å². The zero-order chi connectivity index (χ0) is 21.8. The molecule has 164 valence electrons. The lowest BCUT2D eigenvalue weighted by atomic mass is 9.43. The standard InChI is InChI=1S/C26H36O3S/c1-20(27)11-7-4-5-10-14-24-22(17-23-18-25(24)26(23,2)3)19-30(28,29)16-15-21-12-8-6-9-13-21/h5-6,8-10,12-13,15-16,22-25H,4,7,11,14,17-19H2,1-3H3/b10-5-,16-15+/t22-,23+,24+,25+/m1/s1. The van der Waals surface area contributed by atoms with Crippen LogP contribution in [-0.2, 0) is 14.6 Å². The Morgan fingerprint density at radius 2 is 1.87 bits per heavy atom. The van der Waals surface area contributed by atoms with E-state index in [2.05, 4.69) is 26.0 Å². The fourth-order valence-corrected chi connectivity index (χ4v) is 7.00. The number of hydrogen-bond donors (Lipinski definition) is 0. The third-order valence-corrected chi connectivity index (χ3v) is 8.89. The molecule has 4 heteroatoms. The summed E-state index contributed by atoms with van der Waals surface area (Å²) in [7, 11) is -3.24. The molecular formula is C26H36O3S. The van der Waals surface area contributed by atoms with Crippen LogP contribution < -0.4 is 0 Å². The highest BCUT2D eigenvalue weighted by Crippen LogP contribution is 2.64. The van der Waals surface area contributed by atoms with E-state index in [1.54, 1.807) is 13.0 Å². The fraction of sp³-hybridized carbons (Fsp3) is 0.577. The average Bonchev–Trinajstić information content (AvgIpc) is 2.70. The van der Waals surface area contributed by atoms with E-state index in [1.807, 2.05) is 30.3 Å². The Kier molecular flexibility index (Phi) is 7.38. The number of benzene rings is 1. The van der Waals surface area contributed by atoms with Gasteiger partial charge in [-0.3, -0.25) is 0 Å². The lowest BCUT2D eigenvalue weighted by Crippen LogP contribution is -2.56. The summed E-state index contributed by atoms with van der Waals surface area (Å²) in [6, 6.07) is 9.61. The fourth-order valence-electron chi connectivity index (χ4n) is 5.54. The number of unbranched alkanes of at least 4 members (excludes halogenated alkanes) is 1. The number of Topliss-reactive ketones (excluding diaryl/α,β-unsaturated/α-hetero) is 1. The maximum atomic E-state index is 12.8. The van der Waals surface area contributed by atoms with Crippen molar-refractivity contribution in [2.45, 2.75) is 59.3 Å². The van der Waals surface area contributed by atoms with Crippen molar-refractivity contribution >= 4 is 21.7 Å². The van der Waals surface area contributed by atoms with E-state index >= 15 is 0 Å². The van der Waals surface area contributed by atoms with Crippen LogP contribution in [0.4, 0.5) is 0 Å². The molecular weight excluding hydrogens is 392 g/mol. The van der Waals surface area contributed by atoms with Gasteiger partial charge in [0.15, 0.2) is 9.84 Å². The first-order valence-electron chi connectivity index (χ1n) is 11.3.